The minimum absolute atomic E-state index is 0.0432. The Hall–Kier alpha value is -3.80. The van der Waals surface area contributed by atoms with E-state index in [9.17, 15) is 23.2 Å². The first-order valence-electron chi connectivity index (χ1n) is 9.86. The van der Waals surface area contributed by atoms with Gasteiger partial charge in [-0.1, -0.05) is 17.8 Å². The maximum Gasteiger partial charge on any atom is 0.321 e. The molecular weight excluding hydrogens is 454 g/mol. The second-order valence-corrected chi connectivity index (χ2v) is 8.13. The molecule has 4 amide bonds. The Morgan fingerprint density at radius 3 is 2.64 bits per heavy atom. The van der Waals surface area contributed by atoms with Gasteiger partial charge in [-0.25, -0.2) is 13.6 Å². The van der Waals surface area contributed by atoms with Gasteiger partial charge in [0.05, 0.1) is 5.75 Å². The lowest BCUT2D eigenvalue weighted by molar-refractivity contribution is -0.121. The summed E-state index contributed by atoms with van der Waals surface area (Å²) < 4.78 is 28.4. The van der Waals surface area contributed by atoms with Gasteiger partial charge in [-0.15, -0.1) is 10.2 Å². The van der Waals surface area contributed by atoms with E-state index in [0.717, 1.165) is 11.8 Å². The van der Waals surface area contributed by atoms with E-state index in [4.69, 9.17) is 0 Å². The third-order valence-corrected chi connectivity index (χ3v) is 5.60. The molecule has 0 aliphatic carbocycles. The number of amides is 4. The zero-order valence-electron chi connectivity index (χ0n) is 17.0. The molecule has 1 unspecified atom stereocenters. The Bertz CT molecular complexity index is 1180. The summed E-state index contributed by atoms with van der Waals surface area (Å²) in [5.41, 5.74) is 0.878. The van der Waals surface area contributed by atoms with E-state index in [1.165, 1.54) is 42.5 Å². The number of aromatic nitrogens is 3. The van der Waals surface area contributed by atoms with Gasteiger partial charge in [0.2, 0.25) is 11.8 Å². The highest BCUT2D eigenvalue weighted by atomic mass is 32.2. The predicted octanol–water partition coefficient (Wildman–Crippen LogP) is 2.42. The molecule has 4 rings (SSSR count). The van der Waals surface area contributed by atoms with E-state index >= 15 is 0 Å². The fourth-order valence-electron chi connectivity index (χ4n) is 3.29. The molecule has 12 heteroatoms. The fourth-order valence-corrected chi connectivity index (χ4v) is 4.06. The van der Waals surface area contributed by atoms with Gasteiger partial charge in [0.15, 0.2) is 5.16 Å². The summed E-state index contributed by atoms with van der Waals surface area (Å²) in [6, 6.07) is 10.1. The van der Waals surface area contributed by atoms with Crippen LogP contribution in [-0.4, -0.2) is 44.4 Å². The van der Waals surface area contributed by atoms with E-state index in [0.29, 0.717) is 22.4 Å². The second-order valence-electron chi connectivity index (χ2n) is 7.18. The van der Waals surface area contributed by atoms with Gasteiger partial charge in [-0.2, -0.15) is 0 Å². The molecule has 2 heterocycles. The van der Waals surface area contributed by atoms with Gasteiger partial charge in [0, 0.05) is 30.3 Å². The number of thioether (sulfide) groups is 1. The molecule has 0 spiro atoms. The van der Waals surface area contributed by atoms with E-state index in [-0.39, 0.29) is 24.5 Å². The van der Waals surface area contributed by atoms with Gasteiger partial charge in [0.1, 0.15) is 17.5 Å². The van der Waals surface area contributed by atoms with Crippen molar-refractivity contribution in [3.63, 3.8) is 0 Å². The number of rotatable bonds is 7. The molecular formula is C21H18F2N6O3S. The molecule has 1 saturated heterocycles. The maximum absolute atomic E-state index is 13.5. The van der Waals surface area contributed by atoms with E-state index in [2.05, 4.69) is 26.1 Å². The van der Waals surface area contributed by atoms with Gasteiger partial charge >= 0.3 is 6.03 Å². The fraction of sp³-hybridized carbons (Fsp3) is 0.190. The number of carbonyl (C=O) groups is 3. The summed E-state index contributed by atoms with van der Waals surface area (Å²) in [6.45, 7) is 0. The molecule has 33 heavy (non-hydrogen) atoms. The van der Waals surface area contributed by atoms with Crippen molar-refractivity contribution >= 4 is 35.3 Å². The minimum Gasteiger partial charge on any atom is -0.334 e. The first kappa shape index (κ1) is 22.4. The lowest BCUT2D eigenvalue weighted by atomic mass is 10.1. The largest absolute Gasteiger partial charge is 0.334 e. The number of benzene rings is 2. The highest BCUT2D eigenvalue weighted by Crippen LogP contribution is 2.24. The summed E-state index contributed by atoms with van der Waals surface area (Å²) in [6.07, 6.45) is 0.264. The molecule has 1 fully saturated rings. The zero-order valence-corrected chi connectivity index (χ0v) is 17.9. The van der Waals surface area contributed by atoms with Crippen molar-refractivity contribution in [3.8, 4) is 5.69 Å². The van der Waals surface area contributed by atoms with Crippen molar-refractivity contribution in [2.24, 2.45) is 0 Å². The zero-order chi connectivity index (χ0) is 23.4. The number of hydrogen-bond donors (Lipinski definition) is 3. The average molecular weight is 472 g/mol. The molecule has 3 aromatic rings. The molecule has 2 aromatic carbocycles. The van der Waals surface area contributed by atoms with Gasteiger partial charge in [0.25, 0.3) is 0 Å². The monoisotopic (exact) mass is 472 g/mol. The maximum atomic E-state index is 13.5. The molecule has 1 aliphatic heterocycles. The lowest BCUT2D eigenvalue weighted by Crippen LogP contribution is -2.53. The van der Waals surface area contributed by atoms with Crippen molar-refractivity contribution in [2.45, 2.75) is 24.0 Å². The number of anilines is 1. The van der Waals surface area contributed by atoms with E-state index < -0.39 is 29.6 Å². The van der Waals surface area contributed by atoms with Crippen LogP contribution in [-0.2, 0) is 16.0 Å². The lowest BCUT2D eigenvalue weighted by Gasteiger charge is -2.23. The quantitative estimate of drug-likeness (QED) is 0.455. The number of imide groups is 1. The third-order valence-electron chi connectivity index (χ3n) is 4.67. The van der Waals surface area contributed by atoms with Crippen molar-refractivity contribution < 1.29 is 23.2 Å². The molecule has 1 aliphatic rings. The Balaban J connectivity index is 1.53. The van der Waals surface area contributed by atoms with Crippen LogP contribution in [0.1, 0.15) is 12.2 Å². The molecule has 1 aromatic heterocycles. The summed E-state index contributed by atoms with van der Waals surface area (Å²) in [5, 5.41) is 16.1. The summed E-state index contributed by atoms with van der Waals surface area (Å²) >= 11 is 1.08. The van der Waals surface area contributed by atoms with Gasteiger partial charge < -0.3 is 10.6 Å². The van der Waals surface area contributed by atoms with Crippen LogP contribution in [0.2, 0.25) is 0 Å². The van der Waals surface area contributed by atoms with Crippen molar-refractivity contribution in [2.75, 3.05) is 11.1 Å². The Labute approximate surface area is 191 Å². The number of hydrogen-bond acceptors (Lipinski definition) is 6. The van der Waals surface area contributed by atoms with Crippen LogP contribution in [0.15, 0.2) is 53.7 Å². The number of nitrogens with one attached hydrogen (secondary N) is 3. The van der Waals surface area contributed by atoms with Crippen LogP contribution in [0.25, 0.3) is 5.69 Å². The highest BCUT2D eigenvalue weighted by Gasteiger charge is 2.27. The Morgan fingerprint density at radius 1 is 1.12 bits per heavy atom. The molecule has 0 bridgehead atoms. The first-order valence-corrected chi connectivity index (χ1v) is 10.8. The third kappa shape index (κ3) is 5.71. The number of carbonyl (C=O) groups excluding carboxylic acids is 3. The Morgan fingerprint density at radius 2 is 1.91 bits per heavy atom. The number of urea groups is 1. The van der Waals surface area contributed by atoms with E-state index in [1.807, 2.05) is 0 Å². The molecule has 3 N–H and O–H groups in total. The van der Waals surface area contributed by atoms with E-state index in [1.54, 1.807) is 10.6 Å². The smallest absolute Gasteiger partial charge is 0.321 e. The molecule has 170 valence electrons. The number of halogens is 2. The van der Waals surface area contributed by atoms with Crippen LogP contribution in [0.5, 0.6) is 0 Å². The van der Waals surface area contributed by atoms with Gasteiger partial charge in [-0.05, 0) is 42.5 Å². The van der Waals surface area contributed by atoms with Crippen molar-refractivity contribution in [1.82, 2.24) is 25.4 Å². The van der Waals surface area contributed by atoms with Crippen molar-refractivity contribution in [1.29, 1.82) is 0 Å². The number of nitrogens with zero attached hydrogens (tertiary/aromatic N) is 3. The minimum atomic E-state index is -0.590. The van der Waals surface area contributed by atoms with Crippen LogP contribution >= 0.6 is 11.8 Å². The van der Waals surface area contributed by atoms with Crippen LogP contribution in [0, 0.1) is 11.6 Å². The van der Waals surface area contributed by atoms with Crippen LogP contribution in [0.4, 0.5) is 19.3 Å². The molecule has 0 radical (unpaired) electrons. The molecule has 0 saturated carbocycles. The highest BCUT2D eigenvalue weighted by molar-refractivity contribution is 7.99. The Kier molecular flexibility index (Phi) is 6.63. The predicted molar refractivity (Wildman–Crippen MR) is 116 cm³/mol. The first-order chi connectivity index (χ1) is 15.9. The second kappa shape index (κ2) is 9.77. The average Bonchev–Trinajstić information content (AvgIpc) is 3.14. The van der Waals surface area contributed by atoms with Crippen LogP contribution < -0.4 is 16.0 Å². The molecule has 9 nitrogen and oxygen atoms in total. The standard InChI is InChI=1S/C21H18F2N6O3S/c22-12-4-6-16(7-5-12)29-17(9-15-10-18(30)26-20(32)25-15)27-28-21(29)33-11-19(31)24-14-3-1-2-13(23)8-14/h1-8,15H,9-11H2,(H,24,31)(H2,25,26,30,32). The normalized spacial score (nSPS) is 15.6. The van der Waals surface area contributed by atoms with Crippen LogP contribution in [0.3, 0.4) is 0 Å². The summed E-state index contributed by atoms with van der Waals surface area (Å²) in [5.74, 6) is -1.29. The van der Waals surface area contributed by atoms with Gasteiger partial charge in [-0.3, -0.25) is 19.5 Å². The summed E-state index contributed by atoms with van der Waals surface area (Å²) in [4.78, 5) is 35.6. The molecule has 1 atom stereocenters. The van der Waals surface area contributed by atoms with Crippen molar-refractivity contribution in [3.05, 3.63) is 66.0 Å². The topological polar surface area (TPSA) is 118 Å². The summed E-state index contributed by atoms with van der Waals surface area (Å²) in [7, 11) is 0. The SMILES string of the molecule is O=C1CC(Cc2nnc(SCC(=O)Nc3cccc(F)c3)n2-c2ccc(F)cc2)NC(=O)N1.